The summed E-state index contributed by atoms with van der Waals surface area (Å²) in [5.41, 5.74) is 1.81. The van der Waals surface area contributed by atoms with Gasteiger partial charge in [-0.2, -0.15) is 0 Å². The Morgan fingerprint density at radius 1 is 1.46 bits per heavy atom. The Balaban J connectivity index is 2.65. The smallest absolute Gasteiger partial charge is 0.159 e. The van der Waals surface area contributed by atoms with Crippen molar-refractivity contribution >= 4 is 10.3 Å². The molecule has 0 aliphatic rings. The van der Waals surface area contributed by atoms with E-state index < -0.39 is 10.3 Å². The summed E-state index contributed by atoms with van der Waals surface area (Å²) < 4.78 is 32.6. The Bertz CT molecular complexity index is 386. The van der Waals surface area contributed by atoms with E-state index in [1.165, 1.54) is 0 Å². The first kappa shape index (κ1) is 10.2. The topological polar surface area (TPSA) is 69.2 Å². The highest BCUT2D eigenvalue weighted by molar-refractivity contribution is 7.83. The molecule has 1 N–H and O–H groups in total. The number of hydrogen-bond acceptors (Lipinski definition) is 3. The monoisotopic (exact) mass is 200 g/mol. The number of rotatable bonds is 3. The zero-order chi connectivity index (χ0) is 9.90. The van der Waals surface area contributed by atoms with Crippen molar-refractivity contribution in [3.05, 3.63) is 35.4 Å². The molecule has 72 valence electrons. The predicted molar refractivity (Wildman–Crippen MR) is 47.7 cm³/mol. The molecule has 0 saturated carbocycles. The van der Waals surface area contributed by atoms with Crippen LogP contribution < -0.4 is 4.72 Å². The van der Waals surface area contributed by atoms with Gasteiger partial charge in [0.1, 0.15) is 0 Å². The van der Waals surface area contributed by atoms with E-state index in [0.717, 1.165) is 11.1 Å². The van der Waals surface area contributed by atoms with Crippen LogP contribution in [0.5, 0.6) is 0 Å². The van der Waals surface area contributed by atoms with Crippen molar-refractivity contribution in [1.29, 1.82) is 0 Å². The molecule has 0 aromatic heterocycles. The maximum Gasteiger partial charge on any atom is 0.159 e. The van der Waals surface area contributed by atoms with Crippen LogP contribution in [0, 0.1) is 6.92 Å². The van der Waals surface area contributed by atoms with Gasteiger partial charge in [0.25, 0.3) is 0 Å². The number of benzene rings is 1. The van der Waals surface area contributed by atoms with E-state index in [9.17, 15) is 13.0 Å². The summed E-state index contributed by atoms with van der Waals surface area (Å²) >= 11 is 0. The molecule has 0 saturated heterocycles. The minimum Gasteiger partial charge on any atom is -0.735 e. The molecule has 0 heterocycles. The SMILES string of the molecule is Cc1cccc(CNS(=O)(=O)[O-])c1. The zero-order valence-electron chi connectivity index (χ0n) is 7.15. The van der Waals surface area contributed by atoms with Crippen LogP contribution in [0.15, 0.2) is 24.3 Å². The third-order valence-electron chi connectivity index (χ3n) is 1.54. The molecule has 0 aliphatic heterocycles. The van der Waals surface area contributed by atoms with Crippen molar-refractivity contribution in [1.82, 2.24) is 4.72 Å². The molecule has 0 amide bonds. The van der Waals surface area contributed by atoms with Crippen LogP contribution >= 0.6 is 0 Å². The van der Waals surface area contributed by atoms with Gasteiger partial charge in [0.2, 0.25) is 0 Å². The molecule has 0 spiro atoms. The summed E-state index contributed by atoms with van der Waals surface area (Å²) in [7, 11) is -4.34. The lowest BCUT2D eigenvalue weighted by Crippen LogP contribution is -2.22. The highest BCUT2D eigenvalue weighted by atomic mass is 32.2. The van der Waals surface area contributed by atoms with E-state index in [2.05, 4.69) is 0 Å². The molecule has 0 aliphatic carbocycles. The lowest BCUT2D eigenvalue weighted by Gasteiger charge is -2.08. The van der Waals surface area contributed by atoms with Crippen LogP contribution in [0.3, 0.4) is 0 Å². The van der Waals surface area contributed by atoms with Gasteiger partial charge in [0.15, 0.2) is 10.3 Å². The Labute approximate surface area is 77.5 Å². The fourth-order valence-corrected chi connectivity index (χ4v) is 1.34. The van der Waals surface area contributed by atoms with Gasteiger partial charge in [-0.1, -0.05) is 29.8 Å². The van der Waals surface area contributed by atoms with Crippen LogP contribution in [0.2, 0.25) is 0 Å². The lowest BCUT2D eigenvalue weighted by atomic mass is 10.1. The molecule has 5 heteroatoms. The highest BCUT2D eigenvalue weighted by Crippen LogP contribution is 2.03. The molecule has 0 radical (unpaired) electrons. The average molecular weight is 200 g/mol. The standard InChI is InChI=1S/C8H11NO3S/c1-7-3-2-4-8(5-7)6-9-13(10,11)12/h2-5,9H,6H2,1H3,(H,10,11,12)/p-1. The zero-order valence-corrected chi connectivity index (χ0v) is 7.97. The van der Waals surface area contributed by atoms with Gasteiger partial charge >= 0.3 is 0 Å². The van der Waals surface area contributed by atoms with E-state index in [0.29, 0.717) is 0 Å². The van der Waals surface area contributed by atoms with Crippen molar-refractivity contribution < 1.29 is 13.0 Å². The molecular weight excluding hydrogens is 190 g/mol. The molecule has 1 rings (SSSR count). The van der Waals surface area contributed by atoms with E-state index in [4.69, 9.17) is 0 Å². The molecule has 4 nitrogen and oxygen atoms in total. The van der Waals surface area contributed by atoms with Gasteiger partial charge in [0.05, 0.1) is 0 Å². The average Bonchev–Trinajstić information content (AvgIpc) is 2.00. The summed E-state index contributed by atoms with van der Waals surface area (Å²) in [6, 6.07) is 7.28. The largest absolute Gasteiger partial charge is 0.735 e. The minimum atomic E-state index is -4.34. The van der Waals surface area contributed by atoms with Gasteiger partial charge in [-0.25, -0.2) is 13.1 Å². The van der Waals surface area contributed by atoms with Crippen molar-refractivity contribution in [2.45, 2.75) is 13.5 Å². The molecule has 0 bridgehead atoms. The first-order chi connectivity index (χ1) is 5.97. The molecule has 0 unspecified atom stereocenters. The van der Waals surface area contributed by atoms with Gasteiger partial charge in [-0.15, -0.1) is 0 Å². The van der Waals surface area contributed by atoms with Crippen LogP contribution in [-0.4, -0.2) is 13.0 Å². The van der Waals surface area contributed by atoms with Gasteiger partial charge in [-0.05, 0) is 12.5 Å². The summed E-state index contributed by atoms with van der Waals surface area (Å²) in [4.78, 5) is 0. The first-order valence-corrected chi connectivity index (χ1v) is 5.14. The summed E-state index contributed by atoms with van der Waals surface area (Å²) in [6.45, 7) is 1.95. The maximum absolute atomic E-state index is 10.2. The second-order valence-corrected chi connectivity index (χ2v) is 3.96. The molecule has 13 heavy (non-hydrogen) atoms. The number of aryl methyl sites for hydroxylation is 1. The van der Waals surface area contributed by atoms with Crippen LogP contribution in [0.1, 0.15) is 11.1 Å². The van der Waals surface area contributed by atoms with E-state index in [-0.39, 0.29) is 6.54 Å². The van der Waals surface area contributed by atoms with Crippen LogP contribution in [-0.2, 0) is 16.8 Å². The quantitative estimate of drug-likeness (QED) is 0.724. The third-order valence-corrected chi connectivity index (χ3v) is 2.03. The fourth-order valence-electron chi connectivity index (χ4n) is 0.994. The van der Waals surface area contributed by atoms with Crippen LogP contribution in [0.4, 0.5) is 0 Å². The lowest BCUT2D eigenvalue weighted by molar-refractivity contribution is 0.448. The summed E-state index contributed by atoms with van der Waals surface area (Å²) in [5, 5.41) is 0. The Kier molecular flexibility index (Phi) is 3.02. The van der Waals surface area contributed by atoms with Gasteiger partial charge < -0.3 is 4.55 Å². The van der Waals surface area contributed by atoms with Crippen molar-refractivity contribution in [3.8, 4) is 0 Å². The second kappa shape index (κ2) is 3.87. The second-order valence-electron chi connectivity index (χ2n) is 2.76. The summed E-state index contributed by atoms with van der Waals surface area (Å²) in [5.74, 6) is 0. The van der Waals surface area contributed by atoms with Crippen LogP contribution in [0.25, 0.3) is 0 Å². The summed E-state index contributed by atoms with van der Waals surface area (Å²) in [6.07, 6.45) is 0. The van der Waals surface area contributed by atoms with Crippen molar-refractivity contribution in [2.75, 3.05) is 0 Å². The predicted octanol–water partition coefficient (Wildman–Crippen LogP) is 0.545. The molecule has 1 aromatic carbocycles. The Morgan fingerprint density at radius 3 is 2.69 bits per heavy atom. The molecule has 1 aromatic rings. The van der Waals surface area contributed by atoms with E-state index in [1.54, 1.807) is 6.07 Å². The highest BCUT2D eigenvalue weighted by Gasteiger charge is 1.95. The van der Waals surface area contributed by atoms with E-state index >= 15 is 0 Å². The molecule has 0 atom stereocenters. The maximum atomic E-state index is 10.2. The molecule has 0 fully saturated rings. The Morgan fingerprint density at radius 2 is 2.15 bits per heavy atom. The number of nitrogens with one attached hydrogen (secondary N) is 1. The van der Waals surface area contributed by atoms with Crippen molar-refractivity contribution in [2.24, 2.45) is 0 Å². The minimum absolute atomic E-state index is 0.0491. The third kappa shape index (κ3) is 4.02. The van der Waals surface area contributed by atoms with Gasteiger partial charge in [-0.3, -0.25) is 0 Å². The van der Waals surface area contributed by atoms with Crippen molar-refractivity contribution in [3.63, 3.8) is 0 Å². The van der Waals surface area contributed by atoms with Gasteiger partial charge in [0, 0.05) is 6.54 Å². The Hall–Kier alpha value is -0.910. The fraction of sp³-hybridized carbons (Fsp3) is 0.250. The first-order valence-electron chi connectivity index (χ1n) is 3.73. The van der Waals surface area contributed by atoms with E-state index in [1.807, 2.05) is 29.8 Å². The normalized spacial score (nSPS) is 11.5. The number of hydrogen-bond donors (Lipinski definition) is 1. The molecular formula is C8H10NO3S-.